The summed E-state index contributed by atoms with van der Waals surface area (Å²) in [5.74, 6) is -1.81. The maximum Gasteiger partial charge on any atom is 0.313 e. The van der Waals surface area contributed by atoms with Gasteiger partial charge < -0.3 is 4.74 Å². The number of carbonyl (C=O) groups is 3. The van der Waals surface area contributed by atoms with Crippen molar-refractivity contribution in [1.29, 1.82) is 0 Å². The first kappa shape index (κ1) is 21.3. The highest BCUT2D eigenvalue weighted by atomic mass is 32.2. The van der Waals surface area contributed by atoms with Crippen LogP contribution in [0.2, 0.25) is 0 Å². The number of nitrogens with zero attached hydrogens (tertiary/aromatic N) is 2. The number of likely N-dealkylation sites (tertiary alicyclic amines) is 1. The Balaban J connectivity index is 2.24. The Morgan fingerprint density at radius 2 is 1.86 bits per heavy atom. The summed E-state index contributed by atoms with van der Waals surface area (Å²) < 4.78 is 30.2. The lowest BCUT2D eigenvalue weighted by molar-refractivity contribution is -0.386. The summed E-state index contributed by atoms with van der Waals surface area (Å²) in [6.07, 6.45) is 0.966. The summed E-state index contributed by atoms with van der Waals surface area (Å²) in [5.41, 5.74) is -2.18. The van der Waals surface area contributed by atoms with Crippen LogP contribution in [0.4, 0.5) is 11.4 Å². The quantitative estimate of drug-likeness (QED) is 0.374. The number of hydrogen-bond acceptors (Lipinski definition) is 8. The van der Waals surface area contributed by atoms with Gasteiger partial charge in [0.25, 0.3) is 0 Å². The van der Waals surface area contributed by atoms with Gasteiger partial charge in [0.15, 0.2) is 17.1 Å². The number of ether oxygens (including phenoxy) is 1. The van der Waals surface area contributed by atoms with Crippen LogP contribution in [0, 0.1) is 10.1 Å². The Morgan fingerprint density at radius 1 is 1.29 bits per heavy atom. The van der Waals surface area contributed by atoms with E-state index in [9.17, 15) is 32.9 Å². The van der Waals surface area contributed by atoms with Crippen LogP contribution in [-0.4, -0.2) is 54.2 Å². The second kappa shape index (κ2) is 7.54. The van der Waals surface area contributed by atoms with Crippen LogP contribution < -0.4 is 9.46 Å². The molecule has 0 unspecified atom stereocenters. The van der Waals surface area contributed by atoms with E-state index in [0.717, 1.165) is 23.3 Å². The topological polar surface area (TPSA) is 153 Å². The monoisotopic (exact) mass is 413 g/mol. The van der Waals surface area contributed by atoms with E-state index in [1.165, 1.54) is 19.9 Å². The minimum Gasteiger partial charge on any atom is -0.473 e. The number of rotatable bonds is 8. The highest BCUT2D eigenvalue weighted by molar-refractivity contribution is 7.92. The molecule has 1 saturated heterocycles. The van der Waals surface area contributed by atoms with Crippen LogP contribution in [0.5, 0.6) is 5.75 Å². The third kappa shape index (κ3) is 5.03. The Labute approximate surface area is 160 Å². The van der Waals surface area contributed by atoms with E-state index in [4.69, 9.17) is 4.74 Å². The van der Waals surface area contributed by atoms with Gasteiger partial charge in [-0.3, -0.25) is 34.1 Å². The maximum absolute atomic E-state index is 12.5. The van der Waals surface area contributed by atoms with Crippen molar-refractivity contribution in [2.75, 3.05) is 17.5 Å². The van der Waals surface area contributed by atoms with Crippen LogP contribution >= 0.6 is 0 Å². The summed E-state index contributed by atoms with van der Waals surface area (Å²) in [6, 6.07) is 3.37. The van der Waals surface area contributed by atoms with Crippen molar-refractivity contribution < 1.29 is 32.5 Å². The molecule has 1 aromatic rings. The zero-order valence-electron chi connectivity index (χ0n) is 15.4. The third-order valence-electron chi connectivity index (χ3n) is 3.95. The predicted molar refractivity (Wildman–Crippen MR) is 97.2 cm³/mol. The second-order valence-electron chi connectivity index (χ2n) is 6.72. The molecule has 0 aliphatic carbocycles. The molecule has 1 aliphatic heterocycles. The molecule has 1 N–H and O–H groups in total. The van der Waals surface area contributed by atoms with E-state index >= 15 is 0 Å². The van der Waals surface area contributed by atoms with Crippen LogP contribution in [0.15, 0.2) is 18.2 Å². The fraction of sp³-hybridized carbons (Fsp3) is 0.438. The first-order valence-corrected chi connectivity index (χ1v) is 10.0. The number of amides is 2. The molecule has 0 saturated carbocycles. The largest absolute Gasteiger partial charge is 0.473 e. The molecular formula is C16H19N3O8S. The molecule has 1 fully saturated rings. The van der Waals surface area contributed by atoms with Crippen molar-refractivity contribution >= 4 is 39.0 Å². The third-order valence-corrected chi connectivity index (χ3v) is 4.56. The number of nitro groups is 1. The van der Waals surface area contributed by atoms with E-state index in [1.54, 1.807) is 0 Å². The molecule has 0 bridgehead atoms. The molecular weight excluding hydrogens is 394 g/mol. The summed E-state index contributed by atoms with van der Waals surface area (Å²) in [7, 11) is -3.64. The first-order chi connectivity index (χ1) is 12.8. The highest BCUT2D eigenvalue weighted by Crippen LogP contribution is 2.33. The number of hydrogen-bond donors (Lipinski definition) is 1. The summed E-state index contributed by atoms with van der Waals surface area (Å²) in [4.78, 5) is 47.2. The van der Waals surface area contributed by atoms with Crippen LogP contribution in [0.3, 0.4) is 0 Å². The van der Waals surface area contributed by atoms with Gasteiger partial charge in [0.05, 0.1) is 23.4 Å². The normalized spacial score (nSPS) is 14.9. The van der Waals surface area contributed by atoms with Crippen molar-refractivity contribution in [2.45, 2.75) is 32.3 Å². The summed E-state index contributed by atoms with van der Waals surface area (Å²) >= 11 is 0. The van der Waals surface area contributed by atoms with Crippen LogP contribution in [0.1, 0.15) is 26.7 Å². The summed E-state index contributed by atoms with van der Waals surface area (Å²) in [5, 5.41) is 11.3. The molecule has 0 radical (unpaired) electrons. The number of nitro benzene ring substituents is 1. The zero-order chi connectivity index (χ0) is 21.3. The molecule has 1 aromatic carbocycles. The van der Waals surface area contributed by atoms with Crippen LogP contribution in [0.25, 0.3) is 0 Å². The van der Waals surface area contributed by atoms with E-state index in [2.05, 4.69) is 4.72 Å². The number of ketones is 1. The van der Waals surface area contributed by atoms with Crippen LogP contribution in [-0.2, 0) is 24.4 Å². The van der Waals surface area contributed by atoms with Gasteiger partial charge in [-0.2, -0.15) is 0 Å². The molecule has 2 rings (SSSR count). The smallest absolute Gasteiger partial charge is 0.313 e. The fourth-order valence-corrected chi connectivity index (χ4v) is 3.04. The van der Waals surface area contributed by atoms with Gasteiger partial charge >= 0.3 is 5.69 Å². The van der Waals surface area contributed by atoms with Crippen molar-refractivity contribution in [3.63, 3.8) is 0 Å². The maximum atomic E-state index is 12.5. The van der Waals surface area contributed by atoms with Gasteiger partial charge in [-0.15, -0.1) is 0 Å². The Hall–Kier alpha value is -3.02. The molecule has 12 heteroatoms. The van der Waals surface area contributed by atoms with E-state index in [-0.39, 0.29) is 24.3 Å². The zero-order valence-corrected chi connectivity index (χ0v) is 16.2. The van der Waals surface area contributed by atoms with Gasteiger partial charge in [0, 0.05) is 18.9 Å². The lowest BCUT2D eigenvalue weighted by atomic mass is 10.0. The average molecular weight is 413 g/mol. The Bertz CT molecular complexity index is 939. The number of Topliss-reactive ketones (excluding diaryl/α,β-unsaturated/α-hetero) is 1. The molecule has 0 aromatic heterocycles. The van der Waals surface area contributed by atoms with Gasteiger partial charge in [-0.1, -0.05) is 0 Å². The van der Waals surface area contributed by atoms with E-state index in [1.807, 2.05) is 0 Å². The number of benzene rings is 1. The van der Waals surface area contributed by atoms with Gasteiger partial charge in [-0.25, -0.2) is 8.42 Å². The minimum absolute atomic E-state index is 0.0354. The molecule has 2 amide bonds. The Morgan fingerprint density at radius 3 is 2.36 bits per heavy atom. The Kier molecular flexibility index (Phi) is 5.73. The number of sulfonamides is 1. The van der Waals surface area contributed by atoms with Crippen molar-refractivity contribution in [2.24, 2.45) is 0 Å². The van der Waals surface area contributed by atoms with Gasteiger partial charge in [0.1, 0.15) is 0 Å². The molecule has 0 atom stereocenters. The average Bonchev–Trinajstić information content (AvgIpc) is 2.86. The lowest BCUT2D eigenvalue weighted by Crippen LogP contribution is -2.46. The van der Waals surface area contributed by atoms with Gasteiger partial charge in [-0.05, 0) is 26.0 Å². The number of imide groups is 1. The van der Waals surface area contributed by atoms with E-state index in [0.29, 0.717) is 0 Å². The molecule has 0 spiro atoms. The van der Waals surface area contributed by atoms with Crippen molar-refractivity contribution in [3.8, 4) is 5.75 Å². The van der Waals surface area contributed by atoms with Gasteiger partial charge in [0.2, 0.25) is 21.8 Å². The molecule has 28 heavy (non-hydrogen) atoms. The van der Waals surface area contributed by atoms with Crippen molar-refractivity contribution in [1.82, 2.24) is 4.90 Å². The number of anilines is 1. The highest BCUT2D eigenvalue weighted by Gasteiger charge is 2.38. The second-order valence-corrected chi connectivity index (χ2v) is 8.47. The molecule has 1 heterocycles. The fourth-order valence-electron chi connectivity index (χ4n) is 2.49. The predicted octanol–water partition coefficient (Wildman–Crippen LogP) is 0.842. The molecule has 152 valence electrons. The van der Waals surface area contributed by atoms with E-state index < -0.39 is 50.4 Å². The first-order valence-electron chi connectivity index (χ1n) is 8.12. The summed E-state index contributed by atoms with van der Waals surface area (Å²) in [6.45, 7) is 2.21. The standard InChI is InChI=1S/C16H19N3O8S/c1-16(2,13(20)9-18-14(21)6-7-15(18)22)27-12-5-4-10(17-28(3,25)26)8-11(12)19(23)24/h4-5,8,17H,6-7,9H2,1-3H3. The molecule has 11 nitrogen and oxygen atoms in total. The SMILES string of the molecule is CC(C)(Oc1ccc(NS(C)(=O)=O)cc1[N+](=O)[O-])C(=O)CN1C(=O)CCC1=O. The number of carbonyl (C=O) groups excluding carboxylic acids is 3. The lowest BCUT2D eigenvalue weighted by Gasteiger charge is -2.26. The van der Waals surface area contributed by atoms with Crippen molar-refractivity contribution in [3.05, 3.63) is 28.3 Å². The molecule has 1 aliphatic rings. The number of nitrogens with one attached hydrogen (secondary N) is 1. The minimum atomic E-state index is -3.64.